The SMILES string of the molecule is Cn1c(-c2ccccc2)nc2ccc(-c3cccc4c(-c5ccc6ccccc6c5)c5cccc(-c6ccc7nc(-c8ccccc8)n(C)c7c6)c5cc34)cc21. The Balaban J connectivity index is 1.17. The molecule has 0 N–H and O–H groups in total. The van der Waals surface area contributed by atoms with Crippen LogP contribution < -0.4 is 0 Å². The highest BCUT2D eigenvalue weighted by Gasteiger charge is 2.19. The van der Waals surface area contributed by atoms with Gasteiger partial charge in [0.1, 0.15) is 11.6 Å². The fourth-order valence-corrected chi connectivity index (χ4v) is 8.73. The van der Waals surface area contributed by atoms with Gasteiger partial charge in [0.25, 0.3) is 0 Å². The topological polar surface area (TPSA) is 35.6 Å². The average molecular weight is 717 g/mol. The van der Waals surface area contributed by atoms with Gasteiger partial charge in [-0.1, -0.05) is 146 Å². The molecule has 0 aliphatic carbocycles. The van der Waals surface area contributed by atoms with Gasteiger partial charge in [-0.3, -0.25) is 0 Å². The molecule has 2 aromatic heterocycles. The van der Waals surface area contributed by atoms with Crippen molar-refractivity contribution in [2.45, 2.75) is 0 Å². The third-order valence-corrected chi connectivity index (χ3v) is 11.5. The first-order valence-corrected chi connectivity index (χ1v) is 19.1. The number of rotatable bonds is 5. The van der Waals surface area contributed by atoms with E-state index in [-0.39, 0.29) is 0 Å². The number of hydrogen-bond acceptors (Lipinski definition) is 2. The highest BCUT2D eigenvalue weighted by atomic mass is 15.1. The zero-order valence-corrected chi connectivity index (χ0v) is 31.1. The molecule has 0 amide bonds. The lowest BCUT2D eigenvalue weighted by molar-refractivity contribution is 0.959. The number of benzene rings is 9. The smallest absolute Gasteiger partial charge is 0.140 e. The Morgan fingerprint density at radius 2 is 0.821 bits per heavy atom. The van der Waals surface area contributed by atoms with Crippen molar-refractivity contribution in [2.75, 3.05) is 0 Å². The number of aryl methyl sites for hydroxylation is 2. The molecule has 4 heteroatoms. The number of fused-ring (bicyclic) bond motifs is 5. The lowest BCUT2D eigenvalue weighted by atomic mass is 9.86. The maximum absolute atomic E-state index is 5.05. The van der Waals surface area contributed by atoms with E-state index < -0.39 is 0 Å². The first kappa shape index (κ1) is 32.2. The molecular formula is C52H36N4. The van der Waals surface area contributed by atoms with Gasteiger partial charge in [-0.25, -0.2) is 9.97 Å². The van der Waals surface area contributed by atoms with Crippen molar-refractivity contribution in [1.82, 2.24) is 19.1 Å². The molecule has 264 valence electrons. The highest BCUT2D eigenvalue weighted by Crippen LogP contribution is 2.44. The minimum absolute atomic E-state index is 0.964. The predicted octanol–water partition coefficient (Wildman–Crippen LogP) is 13.3. The van der Waals surface area contributed by atoms with Gasteiger partial charge < -0.3 is 9.13 Å². The van der Waals surface area contributed by atoms with E-state index in [2.05, 4.69) is 193 Å². The standard InChI is InChI=1S/C52H36N4/c1-55-48-30-37(25-27-46(48)53-51(55)34-14-5-3-6-15-34)40-19-11-21-42-44(40)32-45-41(20-12-22-43(45)50(42)39-24-23-33-13-9-10-18-36(33)29-39)38-26-28-47-49(31-38)56(2)52(54-47)35-16-7-4-8-17-35/h3-32H,1-2H3. The lowest BCUT2D eigenvalue weighted by Crippen LogP contribution is -1.93. The summed E-state index contributed by atoms with van der Waals surface area (Å²) in [5.41, 5.74) is 13.6. The van der Waals surface area contributed by atoms with Gasteiger partial charge in [-0.2, -0.15) is 0 Å². The number of nitrogens with zero attached hydrogens (tertiary/aromatic N) is 4. The van der Waals surface area contributed by atoms with Crippen LogP contribution in [0.2, 0.25) is 0 Å². The van der Waals surface area contributed by atoms with Crippen LogP contribution >= 0.6 is 0 Å². The maximum Gasteiger partial charge on any atom is 0.140 e. The molecule has 4 nitrogen and oxygen atoms in total. The number of aromatic nitrogens is 4. The van der Waals surface area contributed by atoms with Crippen LogP contribution in [0.4, 0.5) is 0 Å². The molecule has 0 aliphatic heterocycles. The van der Waals surface area contributed by atoms with Crippen molar-refractivity contribution < 1.29 is 0 Å². The average Bonchev–Trinajstić information content (AvgIpc) is 3.77. The Bertz CT molecular complexity index is 3140. The molecule has 0 atom stereocenters. The van der Waals surface area contributed by atoms with Crippen LogP contribution in [0.1, 0.15) is 0 Å². The van der Waals surface area contributed by atoms with Crippen molar-refractivity contribution in [3.63, 3.8) is 0 Å². The van der Waals surface area contributed by atoms with Gasteiger partial charge in [0.2, 0.25) is 0 Å². The summed E-state index contributed by atoms with van der Waals surface area (Å²) in [5.74, 6) is 1.93. The van der Waals surface area contributed by atoms with Gasteiger partial charge in [0.15, 0.2) is 0 Å². The summed E-state index contributed by atoms with van der Waals surface area (Å²) in [5, 5.41) is 7.36. The Kier molecular flexibility index (Phi) is 7.26. The summed E-state index contributed by atoms with van der Waals surface area (Å²) in [6.07, 6.45) is 0. The summed E-state index contributed by atoms with van der Waals surface area (Å²) in [6, 6.07) is 65.7. The van der Waals surface area contributed by atoms with Crippen LogP contribution in [-0.4, -0.2) is 19.1 Å². The van der Waals surface area contributed by atoms with Crippen molar-refractivity contribution in [1.29, 1.82) is 0 Å². The van der Waals surface area contributed by atoms with E-state index in [1.807, 2.05) is 12.1 Å². The van der Waals surface area contributed by atoms with E-state index in [4.69, 9.17) is 9.97 Å². The van der Waals surface area contributed by atoms with Gasteiger partial charge in [0.05, 0.1) is 22.1 Å². The van der Waals surface area contributed by atoms with E-state index >= 15 is 0 Å². The predicted molar refractivity (Wildman–Crippen MR) is 235 cm³/mol. The molecule has 0 saturated carbocycles. The summed E-state index contributed by atoms with van der Waals surface area (Å²) in [6.45, 7) is 0. The van der Waals surface area contributed by atoms with Crippen LogP contribution in [0.5, 0.6) is 0 Å². The molecule has 0 saturated heterocycles. The Hall–Kier alpha value is -7.30. The van der Waals surface area contributed by atoms with Crippen LogP contribution in [0, 0.1) is 0 Å². The largest absolute Gasteiger partial charge is 0.327 e. The zero-order chi connectivity index (χ0) is 37.3. The monoisotopic (exact) mass is 716 g/mol. The summed E-state index contributed by atoms with van der Waals surface area (Å²) in [4.78, 5) is 10.1. The van der Waals surface area contributed by atoms with Crippen LogP contribution in [0.3, 0.4) is 0 Å². The molecule has 0 radical (unpaired) electrons. The van der Waals surface area contributed by atoms with Crippen molar-refractivity contribution in [3.05, 3.63) is 182 Å². The Morgan fingerprint density at radius 3 is 1.36 bits per heavy atom. The Labute approximate surface area is 324 Å². The molecule has 2 heterocycles. The summed E-state index contributed by atoms with van der Waals surface area (Å²) < 4.78 is 4.43. The molecule has 0 unspecified atom stereocenters. The van der Waals surface area contributed by atoms with Crippen LogP contribution in [0.15, 0.2) is 182 Å². The molecule has 56 heavy (non-hydrogen) atoms. The molecule has 0 spiro atoms. The van der Waals surface area contributed by atoms with Crippen LogP contribution in [0.25, 0.3) is 111 Å². The molecule has 9 aromatic carbocycles. The van der Waals surface area contributed by atoms with E-state index in [0.29, 0.717) is 0 Å². The molecule has 0 bridgehead atoms. The van der Waals surface area contributed by atoms with Gasteiger partial charge in [-0.15, -0.1) is 0 Å². The first-order chi connectivity index (χ1) is 27.6. The van der Waals surface area contributed by atoms with Crippen molar-refractivity contribution in [2.24, 2.45) is 14.1 Å². The molecule has 11 rings (SSSR count). The van der Waals surface area contributed by atoms with Crippen LogP contribution in [-0.2, 0) is 14.1 Å². The quantitative estimate of drug-likeness (QED) is 0.166. The van der Waals surface area contributed by atoms with Gasteiger partial charge >= 0.3 is 0 Å². The summed E-state index contributed by atoms with van der Waals surface area (Å²) in [7, 11) is 4.23. The molecule has 0 fully saturated rings. The van der Waals surface area contributed by atoms with E-state index in [1.54, 1.807) is 0 Å². The molecule has 0 aliphatic rings. The fourth-order valence-electron chi connectivity index (χ4n) is 8.73. The minimum atomic E-state index is 0.964. The number of imidazole rings is 2. The third kappa shape index (κ3) is 5.07. The minimum Gasteiger partial charge on any atom is -0.327 e. The van der Waals surface area contributed by atoms with E-state index in [1.165, 1.54) is 54.6 Å². The maximum atomic E-state index is 5.05. The second-order valence-electron chi connectivity index (χ2n) is 14.7. The Morgan fingerprint density at radius 1 is 0.339 bits per heavy atom. The summed E-state index contributed by atoms with van der Waals surface area (Å²) >= 11 is 0. The lowest BCUT2D eigenvalue weighted by Gasteiger charge is -2.18. The molecule has 11 aromatic rings. The second-order valence-corrected chi connectivity index (χ2v) is 14.7. The van der Waals surface area contributed by atoms with Crippen molar-refractivity contribution >= 4 is 54.4 Å². The normalized spacial score (nSPS) is 11.8. The zero-order valence-electron chi connectivity index (χ0n) is 31.1. The fraction of sp³-hybridized carbons (Fsp3) is 0.0385. The van der Waals surface area contributed by atoms with Gasteiger partial charge in [0, 0.05) is 25.2 Å². The number of hydrogen-bond donors (Lipinski definition) is 0. The van der Waals surface area contributed by atoms with E-state index in [9.17, 15) is 0 Å². The van der Waals surface area contributed by atoms with E-state index in [0.717, 1.165) is 56.0 Å². The van der Waals surface area contributed by atoms with Crippen molar-refractivity contribution in [3.8, 4) is 56.2 Å². The third-order valence-electron chi connectivity index (χ3n) is 11.5. The van der Waals surface area contributed by atoms with Gasteiger partial charge in [-0.05, 0) is 102 Å². The second kappa shape index (κ2) is 12.6. The highest BCUT2D eigenvalue weighted by molar-refractivity contribution is 6.19. The molecular weight excluding hydrogens is 681 g/mol. The first-order valence-electron chi connectivity index (χ1n) is 19.1.